The molecule has 5 N–H and O–H groups in total. The molecule has 1 unspecified atom stereocenters. The summed E-state index contributed by atoms with van der Waals surface area (Å²) in [4.78, 5) is 4.84. The molecule has 0 saturated heterocycles. The van der Waals surface area contributed by atoms with Gasteiger partial charge < -0.3 is 16.6 Å². The number of hydrogen-bond acceptors (Lipinski definition) is 6. The molecule has 1 atom stereocenters. The summed E-state index contributed by atoms with van der Waals surface area (Å²) in [5.41, 5.74) is 15.5. The Hall–Kier alpha value is -3.01. The van der Waals surface area contributed by atoms with Gasteiger partial charge in [-0.15, -0.1) is 0 Å². The zero-order valence-corrected chi connectivity index (χ0v) is 15.5. The first-order chi connectivity index (χ1) is 13.1. The molecule has 1 aliphatic rings. The van der Waals surface area contributed by atoms with E-state index in [2.05, 4.69) is 11.1 Å². The van der Waals surface area contributed by atoms with Gasteiger partial charge in [-0.2, -0.15) is 5.26 Å². The van der Waals surface area contributed by atoms with E-state index in [0.717, 1.165) is 29.0 Å². The summed E-state index contributed by atoms with van der Waals surface area (Å²) in [6.45, 7) is 0. The van der Waals surface area contributed by atoms with Gasteiger partial charge in [0, 0.05) is 23.0 Å². The summed E-state index contributed by atoms with van der Waals surface area (Å²) >= 11 is 1.30. The quantitative estimate of drug-likeness (QED) is 0.658. The normalized spacial score (nSPS) is 15.3. The van der Waals surface area contributed by atoms with Crippen LogP contribution in [-0.2, 0) is 0 Å². The van der Waals surface area contributed by atoms with Gasteiger partial charge in [0.25, 0.3) is 0 Å². The number of nitrogens with zero attached hydrogens (tertiary/aromatic N) is 2. The lowest BCUT2D eigenvalue weighted by atomic mass is 9.98. The van der Waals surface area contributed by atoms with Crippen LogP contribution in [0.2, 0.25) is 0 Å². The molecular weight excluding hydrogens is 368 g/mol. The van der Waals surface area contributed by atoms with Crippen LogP contribution in [0.25, 0.3) is 5.57 Å². The minimum Gasteiger partial charge on any atom is -0.401 e. The van der Waals surface area contributed by atoms with Crippen molar-refractivity contribution in [2.75, 3.05) is 0 Å². The molecule has 1 aromatic carbocycles. The number of nitriles is 1. The fourth-order valence-electron chi connectivity index (χ4n) is 2.79. The van der Waals surface area contributed by atoms with Crippen LogP contribution < -0.4 is 11.5 Å². The molecule has 0 bridgehead atoms. The van der Waals surface area contributed by atoms with Gasteiger partial charge in [0.05, 0.1) is 10.6 Å². The van der Waals surface area contributed by atoms with Crippen molar-refractivity contribution in [3.8, 4) is 6.07 Å². The fourth-order valence-corrected chi connectivity index (χ4v) is 3.69. The molecule has 1 aromatic heterocycles. The molecule has 0 fully saturated rings. The molecule has 144 valence electrons. The summed E-state index contributed by atoms with van der Waals surface area (Å²) in [5, 5.41) is 20.6. The van der Waals surface area contributed by atoms with Crippen molar-refractivity contribution >= 4 is 17.3 Å². The monoisotopic (exact) mass is 392 g/mol. The highest BCUT2D eigenvalue weighted by Crippen LogP contribution is 2.34. The van der Waals surface area contributed by atoms with Crippen molar-refractivity contribution in [3.05, 3.63) is 93.3 Å². The van der Waals surface area contributed by atoms with Crippen molar-refractivity contribution in [2.24, 2.45) is 11.5 Å². The second-order valence-electron chi connectivity index (χ2n) is 6.09. The molecule has 0 spiro atoms. The van der Waals surface area contributed by atoms with Gasteiger partial charge in [0.1, 0.15) is 12.2 Å². The number of allylic oxidation sites excluding steroid dienone is 4. The number of hydrogen-bond donors (Lipinski definition) is 3. The van der Waals surface area contributed by atoms with E-state index in [1.165, 1.54) is 11.8 Å². The molecule has 0 aliphatic heterocycles. The maximum atomic E-state index is 10.6. The highest BCUT2D eigenvalue weighted by molar-refractivity contribution is 8.07. The zero-order chi connectivity index (χ0) is 19.2. The third kappa shape index (κ3) is 4.83. The van der Waals surface area contributed by atoms with Crippen LogP contribution in [0.4, 0.5) is 0 Å². The van der Waals surface area contributed by atoms with E-state index in [1.807, 2.05) is 24.3 Å². The van der Waals surface area contributed by atoms with Gasteiger partial charge in [-0.05, 0) is 47.7 Å². The Morgan fingerprint density at radius 3 is 2.64 bits per heavy atom. The standard InChI is InChI=1S/C21H20N4OS.CH4/c22-13-17(21(24)27-19-7-2-1-6-18(19)23)15-4-3-5-16(12-15)20(26)14-8-10-25-11-9-14;/h2-5,7-12,20,26H,1,6,23-24H2;1H4/b21-17+;. The lowest BCUT2D eigenvalue weighted by Gasteiger charge is -2.14. The van der Waals surface area contributed by atoms with Gasteiger partial charge >= 0.3 is 0 Å². The van der Waals surface area contributed by atoms with Gasteiger partial charge in [0.15, 0.2) is 0 Å². The van der Waals surface area contributed by atoms with E-state index < -0.39 is 6.10 Å². The van der Waals surface area contributed by atoms with E-state index in [9.17, 15) is 10.4 Å². The SMILES string of the molecule is C.N#C/C(=C(/N)SC1=C(N)CCC=C1)c1cccc(C(O)c2ccncc2)c1. The number of pyridine rings is 1. The van der Waals surface area contributed by atoms with E-state index in [0.29, 0.717) is 21.7 Å². The van der Waals surface area contributed by atoms with Crippen molar-refractivity contribution < 1.29 is 5.11 Å². The fraction of sp³-hybridized carbons (Fsp3) is 0.182. The van der Waals surface area contributed by atoms with Crippen LogP contribution in [-0.4, -0.2) is 10.1 Å². The molecule has 3 rings (SSSR count). The molecule has 1 heterocycles. The molecule has 0 amide bonds. The predicted octanol–water partition coefficient (Wildman–Crippen LogP) is 4.20. The van der Waals surface area contributed by atoms with Crippen molar-refractivity contribution in [1.29, 1.82) is 5.26 Å². The maximum Gasteiger partial charge on any atom is 0.104 e. The van der Waals surface area contributed by atoms with Gasteiger partial charge in [-0.25, -0.2) is 0 Å². The molecule has 0 radical (unpaired) electrons. The van der Waals surface area contributed by atoms with E-state index in [-0.39, 0.29) is 7.43 Å². The topological polar surface area (TPSA) is 109 Å². The molecule has 1 aliphatic carbocycles. The average molecular weight is 393 g/mol. The third-order valence-electron chi connectivity index (χ3n) is 4.26. The molecular formula is C22H24N4OS. The Morgan fingerprint density at radius 1 is 1.21 bits per heavy atom. The Labute approximate surface area is 170 Å². The Kier molecular flexibility index (Phi) is 7.44. The van der Waals surface area contributed by atoms with Crippen LogP contribution >= 0.6 is 11.8 Å². The number of aromatic nitrogens is 1. The van der Waals surface area contributed by atoms with Crippen LogP contribution in [0.15, 0.2) is 76.6 Å². The Morgan fingerprint density at radius 2 is 1.96 bits per heavy atom. The summed E-state index contributed by atoms with van der Waals surface area (Å²) in [7, 11) is 0. The zero-order valence-electron chi connectivity index (χ0n) is 14.7. The third-order valence-corrected chi connectivity index (χ3v) is 5.30. The van der Waals surface area contributed by atoms with E-state index in [1.54, 1.807) is 36.7 Å². The molecule has 28 heavy (non-hydrogen) atoms. The molecule has 0 saturated carbocycles. The van der Waals surface area contributed by atoms with E-state index >= 15 is 0 Å². The molecule has 6 heteroatoms. The number of rotatable bonds is 5. The highest BCUT2D eigenvalue weighted by Gasteiger charge is 2.15. The Bertz CT molecular complexity index is 958. The van der Waals surface area contributed by atoms with Crippen LogP contribution in [0, 0.1) is 11.3 Å². The Balaban J connectivity index is 0.00000280. The lowest BCUT2D eigenvalue weighted by Crippen LogP contribution is -2.05. The summed E-state index contributed by atoms with van der Waals surface area (Å²) in [6, 6.07) is 12.9. The molecule has 5 nitrogen and oxygen atoms in total. The second kappa shape index (κ2) is 9.79. The van der Waals surface area contributed by atoms with Gasteiger partial charge in [-0.3, -0.25) is 4.98 Å². The minimum atomic E-state index is -0.804. The first-order valence-corrected chi connectivity index (χ1v) is 9.33. The minimum absolute atomic E-state index is 0. The number of nitrogens with two attached hydrogens (primary N) is 2. The lowest BCUT2D eigenvalue weighted by molar-refractivity contribution is 0.220. The van der Waals surface area contributed by atoms with Crippen molar-refractivity contribution in [3.63, 3.8) is 0 Å². The maximum absolute atomic E-state index is 10.6. The summed E-state index contributed by atoms with van der Waals surface area (Å²) in [6.07, 6.45) is 8.15. The van der Waals surface area contributed by atoms with Crippen molar-refractivity contribution in [2.45, 2.75) is 26.4 Å². The summed E-state index contributed by atoms with van der Waals surface area (Å²) < 4.78 is 0. The largest absolute Gasteiger partial charge is 0.401 e. The van der Waals surface area contributed by atoms with Gasteiger partial charge in [0.2, 0.25) is 0 Å². The molecule has 2 aromatic rings. The van der Waals surface area contributed by atoms with Gasteiger partial charge in [-0.1, -0.05) is 49.5 Å². The van der Waals surface area contributed by atoms with Crippen molar-refractivity contribution in [1.82, 2.24) is 4.98 Å². The number of aliphatic hydroxyl groups is 1. The summed E-state index contributed by atoms with van der Waals surface area (Å²) in [5.74, 6) is 0. The van der Waals surface area contributed by atoms with Crippen LogP contribution in [0.5, 0.6) is 0 Å². The van der Waals surface area contributed by atoms with E-state index in [4.69, 9.17) is 11.5 Å². The number of thioether (sulfide) groups is 1. The number of benzene rings is 1. The predicted molar refractivity (Wildman–Crippen MR) is 115 cm³/mol. The first kappa shape index (κ1) is 21.3. The van der Waals surface area contributed by atoms with Crippen LogP contribution in [0.1, 0.15) is 43.1 Å². The highest BCUT2D eigenvalue weighted by atomic mass is 32.2. The second-order valence-corrected chi connectivity index (χ2v) is 7.18. The number of aliphatic hydroxyl groups excluding tert-OH is 1. The van der Waals surface area contributed by atoms with Crippen LogP contribution in [0.3, 0.4) is 0 Å². The smallest absolute Gasteiger partial charge is 0.104 e. The average Bonchev–Trinajstić information content (AvgIpc) is 2.70. The first-order valence-electron chi connectivity index (χ1n) is 8.51.